The zero-order chi connectivity index (χ0) is 17.9. The molecule has 0 N–H and O–H groups in total. The Morgan fingerprint density at radius 1 is 0.880 bits per heavy atom. The molecule has 0 aliphatic rings. The topological polar surface area (TPSA) is 77.3 Å². The van der Waals surface area contributed by atoms with E-state index in [-0.39, 0.29) is 11.3 Å². The second-order valence-corrected chi connectivity index (χ2v) is 6.86. The highest BCUT2D eigenvalue weighted by Gasteiger charge is 2.51. The maximum absolute atomic E-state index is 4.59. The van der Waals surface area contributed by atoms with Gasteiger partial charge in [-0.2, -0.15) is 10.2 Å². The van der Waals surface area contributed by atoms with Crippen molar-refractivity contribution in [1.82, 2.24) is 30.1 Å². The summed E-state index contributed by atoms with van der Waals surface area (Å²) in [4.78, 5) is 17.7. The third kappa shape index (κ3) is 2.88. The van der Waals surface area contributed by atoms with E-state index < -0.39 is 5.41 Å². The Labute approximate surface area is 147 Å². The van der Waals surface area contributed by atoms with Gasteiger partial charge in [0, 0.05) is 47.2 Å². The Morgan fingerprint density at radius 2 is 1.64 bits per heavy atom. The van der Waals surface area contributed by atoms with Gasteiger partial charge >= 0.3 is 0 Å². The summed E-state index contributed by atoms with van der Waals surface area (Å²) >= 11 is 0. The molecule has 6 heteroatoms. The first kappa shape index (κ1) is 17.1. The number of hydrogen-bond acceptors (Lipinski definition) is 6. The second kappa shape index (κ2) is 6.63. The predicted molar refractivity (Wildman–Crippen MR) is 94.9 cm³/mol. The molecule has 0 spiro atoms. The fraction of sp³-hybridized carbons (Fsp3) is 0.368. The van der Waals surface area contributed by atoms with Crippen molar-refractivity contribution >= 4 is 0 Å². The molecule has 3 aromatic rings. The highest BCUT2D eigenvalue weighted by atomic mass is 15.1. The summed E-state index contributed by atoms with van der Waals surface area (Å²) in [6, 6.07) is 7.68. The molecule has 3 aromatic heterocycles. The smallest absolute Gasteiger partial charge is 0.135 e. The lowest BCUT2D eigenvalue weighted by Gasteiger charge is -2.46. The zero-order valence-corrected chi connectivity index (χ0v) is 15.0. The molecule has 3 heterocycles. The van der Waals surface area contributed by atoms with Gasteiger partial charge in [0.2, 0.25) is 0 Å². The third-order valence-electron chi connectivity index (χ3n) is 5.46. The molecule has 0 bridgehead atoms. The predicted octanol–water partition coefficient (Wildman–Crippen LogP) is 3.10. The minimum absolute atomic E-state index is 0.0370. The second-order valence-electron chi connectivity index (χ2n) is 6.86. The summed E-state index contributed by atoms with van der Waals surface area (Å²) in [5.74, 6) is 0.798. The Morgan fingerprint density at radius 3 is 2.24 bits per heavy atom. The molecule has 2 atom stereocenters. The lowest BCUT2D eigenvalue weighted by molar-refractivity contribution is 0.211. The van der Waals surface area contributed by atoms with Gasteiger partial charge in [0.25, 0.3) is 0 Å². The van der Waals surface area contributed by atoms with Crippen LogP contribution in [0.1, 0.15) is 50.8 Å². The van der Waals surface area contributed by atoms with Crippen molar-refractivity contribution in [3.8, 4) is 0 Å². The molecule has 0 radical (unpaired) electrons. The standard InChI is InChI=1S/C19H22N6/c1-14(15-8-12-20-13-23-15)19(4,17-21-9-6-10-22-17)18(2,3)16-7-5-11-24-25-16/h5-14H,1-4H3. The first-order valence-corrected chi connectivity index (χ1v) is 8.29. The van der Waals surface area contributed by atoms with Crippen LogP contribution < -0.4 is 0 Å². The van der Waals surface area contributed by atoms with Crippen molar-refractivity contribution < 1.29 is 0 Å². The summed E-state index contributed by atoms with van der Waals surface area (Å²) in [6.07, 6.45) is 8.58. The molecular formula is C19H22N6. The molecular weight excluding hydrogens is 312 g/mol. The van der Waals surface area contributed by atoms with Crippen LogP contribution in [0.4, 0.5) is 0 Å². The maximum Gasteiger partial charge on any atom is 0.135 e. The van der Waals surface area contributed by atoms with Crippen LogP contribution in [0.3, 0.4) is 0 Å². The molecule has 0 aliphatic heterocycles. The zero-order valence-electron chi connectivity index (χ0n) is 15.0. The van der Waals surface area contributed by atoms with Gasteiger partial charge in [-0.25, -0.2) is 19.9 Å². The van der Waals surface area contributed by atoms with Crippen molar-refractivity contribution in [2.24, 2.45) is 0 Å². The lowest BCUT2D eigenvalue weighted by atomic mass is 9.57. The number of nitrogens with zero attached hydrogens (tertiary/aromatic N) is 6. The van der Waals surface area contributed by atoms with Gasteiger partial charge in [-0.1, -0.05) is 27.7 Å². The van der Waals surface area contributed by atoms with Gasteiger partial charge in [0.05, 0.1) is 5.69 Å². The van der Waals surface area contributed by atoms with Gasteiger partial charge in [-0.15, -0.1) is 0 Å². The van der Waals surface area contributed by atoms with Gasteiger partial charge in [0.1, 0.15) is 12.2 Å². The Hall–Kier alpha value is -2.76. The van der Waals surface area contributed by atoms with E-state index in [4.69, 9.17) is 0 Å². The van der Waals surface area contributed by atoms with E-state index in [1.807, 2.05) is 24.3 Å². The molecule has 0 saturated carbocycles. The number of aromatic nitrogens is 6. The normalized spacial score (nSPS) is 15.4. The van der Waals surface area contributed by atoms with Crippen molar-refractivity contribution in [3.63, 3.8) is 0 Å². The molecule has 25 heavy (non-hydrogen) atoms. The van der Waals surface area contributed by atoms with Crippen LogP contribution >= 0.6 is 0 Å². The molecule has 3 rings (SSSR count). The van der Waals surface area contributed by atoms with E-state index in [0.717, 1.165) is 17.2 Å². The summed E-state index contributed by atoms with van der Waals surface area (Å²) in [6.45, 7) is 8.64. The summed E-state index contributed by atoms with van der Waals surface area (Å²) < 4.78 is 0. The lowest BCUT2D eigenvalue weighted by Crippen LogP contribution is -2.48. The summed E-state index contributed by atoms with van der Waals surface area (Å²) in [5.41, 5.74) is 0.999. The Balaban J connectivity index is 2.20. The Bertz CT molecular complexity index is 807. The fourth-order valence-electron chi connectivity index (χ4n) is 3.34. The van der Waals surface area contributed by atoms with Crippen LogP contribution in [0.5, 0.6) is 0 Å². The minimum atomic E-state index is -0.460. The monoisotopic (exact) mass is 334 g/mol. The summed E-state index contributed by atoms with van der Waals surface area (Å²) in [5, 5.41) is 8.45. The number of hydrogen-bond donors (Lipinski definition) is 0. The van der Waals surface area contributed by atoms with E-state index >= 15 is 0 Å². The average Bonchev–Trinajstić information content (AvgIpc) is 2.68. The van der Waals surface area contributed by atoms with Crippen molar-refractivity contribution in [3.05, 3.63) is 72.6 Å². The highest BCUT2D eigenvalue weighted by Crippen LogP contribution is 2.50. The third-order valence-corrected chi connectivity index (χ3v) is 5.46. The van der Waals surface area contributed by atoms with Crippen LogP contribution in [-0.4, -0.2) is 30.1 Å². The molecule has 0 saturated heterocycles. The molecule has 0 fully saturated rings. The van der Waals surface area contributed by atoms with Gasteiger partial charge in [-0.05, 0) is 24.3 Å². The van der Waals surface area contributed by atoms with E-state index in [0.29, 0.717) is 0 Å². The Kier molecular flexibility index (Phi) is 4.53. The fourth-order valence-corrected chi connectivity index (χ4v) is 3.34. The van der Waals surface area contributed by atoms with Gasteiger partial charge in [0.15, 0.2) is 0 Å². The van der Waals surface area contributed by atoms with Gasteiger partial charge in [-0.3, -0.25) is 0 Å². The van der Waals surface area contributed by atoms with Crippen molar-refractivity contribution in [2.45, 2.75) is 44.4 Å². The summed E-state index contributed by atoms with van der Waals surface area (Å²) in [7, 11) is 0. The van der Waals surface area contributed by atoms with Crippen molar-refractivity contribution in [1.29, 1.82) is 0 Å². The first-order chi connectivity index (χ1) is 12.0. The van der Waals surface area contributed by atoms with E-state index in [1.54, 1.807) is 31.1 Å². The van der Waals surface area contributed by atoms with Crippen LogP contribution in [0.25, 0.3) is 0 Å². The molecule has 128 valence electrons. The molecule has 6 nitrogen and oxygen atoms in total. The van der Waals surface area contributed by atoms with Crippen LogP contribution in [0, 0.1) is 0 Å². The quantitative estimate of drug-likeness (QED) is 0.713. The van der Waals surface area contributed by atoms with Crippen molar-refractivity contribution in [2.75, 3.05) is 0 Å². The van der Waals surface area contributed by atoms with Crippen LogP contribution in [-0.2, 0) is 10.8 Å². The molecule has 2 unspecified atom stereocenters. The van der Waals surface area contributed by atoms with Crippen LogP contribution in [0.15, 0.2) is 55.4 Å². The molecule has 0 aliphatic carbocycles. The number of rotatable bonds is 5. The van der Waals surface area contributed by atoms with Gasteiger partial charge < -0.3 is 0 Å². The SMILES string of the molecule is CC(c1ccncn1)C(C)(c1ncccn1)C(C)(C)c1cccnn1. The van der Waals surface area contributed by atoms with Crippen LogP contribution in [0.2, 0.25) is 0 Å². The van der Waals surface area contributed by atoms with E-state index in [9.17, 15) is 0 Å². The average molecular weight is 334 g/mol. The molecule has 0 aromatic carbocycles. The van der Waals surface area contributed by atoms with E-state index in [1.165, 1.54) is 0 Å². The minimum Gasteiger partial charge on any atom is -0.245 e. The highest BCUT2D eigenvalue weighted by molar-refractivity contribution is 5.32. The largest absolute Gasteiger partial charge is 0.245 e. The first-order valence-electron chi connectivity index (χ1n) is 8.29. The maximum atomic E-state index is 4.59. The molecule has 0 amide bonds. The van der Waals surface area contributed by atoms with E-state index in [2.05, 4.69) is 57.8 Å².